The summed E-state index contributed by atoms with van der Waals surface area (Å²) in [5.41, 5.74) is 2.88. The fourth-order valence-corrected chi connectivity index (χ4v) is 4.19. The molecule has 3 aromatic rings. The molecule has 5 heteroatoms. The lowest BCUT2D eigenvalue weighted by Crippen LogP contribution is -2.48. The molecular formula is C23H22N2O2S. The van der Waals surface area contributed by atoms with Gasteiger partial charge in [-0.1, -0.05) is 48.5 Å². The van der Waals surface area contributed by atoms with Crippen LogP contribution in [0.5, 0.6) is 0 Å². The second-order valence-corrected chi connectivity index (χ2v) is 7.72. The number of benzene rings is 2. The predicted octanol–water partition coefficient (Wildman–Crippen LogP) is 3.94. The first-order chi connectivity index (χ1) is 13.7. The standard InChI is InChI=1S/C23H22N2O2S/c26-22(19-6-2-1-3-7-19)20-8-4-5-9-21(20)23(27)25-13-11-24(12-14-25)16-18-10-15-28-17-18/h1-10,15,17H,11-14,16H2. The number of ketones is 1. The lowest BCUT2D eigenvalue weighted by Gasteiger charge is -2.34. The van der Waals surface area contributed by atoms with Crippen LogP contribution in [0.15, 0.2) is 71.4 Å². The van der Waals surface area contributed by atoms with Crippen LogP contribution in [-0.4, -0.2) is 47.7 Å². The fourth-order valence-electron chi connectivity index (χ4n) is 3.53. The molecule has 0 unspecified atom stereocenters. The zero-order valence-corrected chi connectivity index (χ0v) is 16.4. The van der Waals surface area contributed by atoms with Crippen molar-refractivity contribution in [1.29, 1.82) is 0 Å². The van der Waals surface area contributed by atoms with Gasteiger partial charge in [-0.25, -0.2) is 0 Å². The van der Waals surface area contributed by atoms with Gasteiger partial charge in [-0.05, 0) is 28.5 Å². The van der Waals surface area contributed by atoms with E-state index in [9.17, 15) is 9.59 Å². The molecule has 1 aliphatic heterocycles. The van der Waals surface area contributed by atoms with Crippen molar-refractivity contribution in [3.05, 3.63) is 93.7 Å². The minimum Gasteiger partial charge on any atom is -0.336 e. The summed E-state index contributed by atoms with van der Waals surface area (Å²) < 4.78 is 0. The summed E-state index contributed by atoms with van der Waals surface area (Å²) in [6.45, 7) is 3.97. The Bertz CT molecular complexity index is 946. The van der Waals surface area contributed by atoms with Gasteiger partial charge in [0.25, 0.3) is 5.91 Å². The van der Waals surface area contributed by atoms with Gasteiger partial charge in [0, 0.05) is 43.9 Å². The highest BCUT2D eigenvalue weighted by Gasteiger charge is 2.25. The normalized spacial score (nSPS) is 14.8. The summed E-state index contributed by atoms with van der Waals surface area (Å²) in [5, 5.41) is 4.26. The Balaban J connectivity index is 1.46. The highest BCUT2D eigenvalue weighted by atomic mass is 32.1. The lowest BCUT2D eigenvalue weighted by atomic mass is 9.97. The van der Waals surface area contributed by atoms with Crippen molar-refractivity contribution in [2.24, 2.45) is 0 Å². The van der Waals surface area contributed by atoms with Crippen LogP contribution in [0.3, 0.4) is 0 Å². The number of rotatable bonds is 5. The molecule has 4 rings (SSSR count). The average molecular weight is 391 g/mol. The van der Waals surface area contributed by atoms with Gasteiger partial charge < -0.3 is 4.90 Å². The Morgan fingerprint density at radius 1 is 0.821 bits per heavy atom. The highest BCUT2D eigenvalue weighted by molar-refractivity contribution is 7.07. The molecule has 1 amide bonds. The second-order valence-electron chi connectivity index (χ2n) is 6.94. The van der Waals surface area contributed by atoms with E-state index in [1.54, 1.807) is 35.6 Å². The van der Waals surface area contributed by atoms with Gasteiger partial charge >= 0.3 is 0 Å². The maximum atomic E-state index is 13.1. The predicted molar refractivity (Wildman–Crippen MR) is 112 cm³/mol. The Labute approximate surface area is 169 Å². The Morgan fingerprint density at radius 3 is 2.18 bits per heavy atom. The number of carbonyl (C=O) groups excluding carboxylic acids is 2. The van der Waals surface area contributed by atoms with E-state index in [-0.39, 0.29) is 11.7 Å². The monoisotopic (exact) mass is 390 g/mol. The molecular weight excluding hydrogens is 368 g/mol. The van der Waals surface area contributed by atoms with Gasteiger partial charge in [-0.15, -0.1) is 0 Å². The van der Waals surface area contributed by atoms with Gasteiger partial charge in [0.15, 0.2) is 5.78 Å². The van der Waals surface area contributed by atoms with Crippen molar-refractivity contribution in [2.45, 2.75) is 6.54 Å². The molecule has 0 atom stereocenters. The Kier molecular flexibility index (Phi) is 5.65. The van der Waals surface area contributed by atoms with Crippen LogP contribution in [0.4, 0.5) is 0 Å². The number of nitrogens with zero attached hydrogens (tertiary/aromatic N) is 2. The number of carbonyl (C=O) groups is 2. The molecule has 2 aromatic carbocycles. The summed E-state index contributed by atoms with van der Waals surface area (Å²) in [6, 6.07) is 18.4. The van der Waals surface area contributed by atoms with Crippen molar-refractivity contribution in [1.82, 2.24) is 9.80 Å². The van der Waals surface area contributed by atoms with Crippen LogP contribution >= 0.6 is 11.3 Å². The molecule has 1 aliphatic rings. The van der Waals surface area contributed by atoms with Crippen molar-refractivity contribution in [3.8, 4) is 0 Å². The van der Waals surface area contributed by atoms with E-state index in [0.29, 0.717) is 29.8 Å². The van der Waals surface area contributed by atoms with Crippen LogP contribution < -0.4 is 0 Å². The number of amides is 1. The molecule has 142 valence electrons. The van der Waals surface area contributed by atoms with Gasteiger partial charge in [-0.2, -0.15) is 11.3 Å². The van der Waals surface area contributed by atoms with E-state index in [1.807, 2.05) is 35.2 Å². The fraction of sp³-hybridized carbons (Fsp3) is 0.217. The number of thiophene rings is 1. The third-order valence-corrected chi connectivity index (χ3v) is 5.82. The van der Waals surface area contributed by atoms with E-state index < -0.39 is 0 Å². The summed E-state index contributed by atoms with van der Waals surface area (Å²) in [7, 11) is 0. The first kappa shape index (κ1) is 18.6. The van der Waals surface area contributed by atoms with Crippen molar-refractivity contribution in [2.75, 3.05) is 26.2 Å². The van der Waals surface area contributed by atoms with E-state index in [2.05, 4.69) is 21.7 Å². The van der Waals surface area contributed by atoms with Crippen LogP contribution in [-0.2, 0) is 6.54 Å². The zero-order valence-electron chi connectivity index (χ0n) is 15.6. The highest BCUT2D eigenvalue weighted by Crippen LogP contribution is 2.18. The van der Waals surface area contributed by atoms with Gasteiger partial charge in [0.1, 0.15) is 0 Å². The van der Waals surface area contributed by atoms with E-state index >= 15 is 0 Å². The van der Waals surface area contributed by atoms with Crippen LogP contribution in [0.1, 0.15) is 31.8 Å². The van der Waals surface area contributed by atoms with Gasteiger partial charge in [0.05, 0.1) is 5.56 Å². The number of piperazine rings is 1. The third kappa shape index (κ3) is 4.06. The third-order valence-electron chi connectivity index (χ3n) is 5.08. The van der Waals surface area contributed by atoms with E-state index in [1.165, 1.54) is 5.56 Å². The van der Waals surface area contributed by atoms with Crippen molar-refractivity contribution < 1.29 is 9.59 Å². The molecule has 1 saturated heterocycles. The molecule has 0 bridgehead atoms. The zero-order chi connectivity index (χ0) is 19.3. The summed E-state index contributed by atoms with van der Waals surface area (Å²) >= 11 is 1.71. The van der Waals surface area contributed by atoms with Crippen LogP contribution in [0.25, 0.3) is 0 Å². The first-order valence-electron chi connectivity index (χ1n) is 9.44. The largest absolute Gasteiger partial charge is 0.336 e. The number of hydrogen-bond donors (Lipinski definition) is 0. The molecule has 2 heterocycles. The molecule has 1 fully saturated rings. The molecule has 0 saturated carbocycles. The summed E-state index contributed by atoms with van der Waals surface area (Å²) in [5.74, 6) is -0.171. The molecule has 1 aromatic heterocycles. The Morgan fingerprint density at radius 2 is 1.50 bits per heavy atom. The maximum Gasteiger partial charge on any atom is 0.254 e. The lowest BCUT2D eigenvalue weighted by molar-refractivity contribution is 0.0626. The average Bonchev–Trinajstić information content (AvgIpc) is 3.27. The van der Waals surface area contributed by atoms with Crippen molar-refractivity contribution >= 4 is 23.0 Å². The topological polar surface area (TPSA) is 40.6 Å². The van der Waals surface area contributed by atoms with E-state index in [4.69, 9.17) is 0 Å². The molecule has 0 aliphatic carbocycles. The van der Waals surface area contributed by atoms with Crippen LogP contribution in [0, 0.1) is 0 Å². The van der Waals surface area contributed by atoms with E-state index in [0.717, 1.165) is 19.6 Å². The minimum absolute atomic E-state index is 0.0601. The van der Waals surface area contributed by atoms with Crippen molar-refractivity contribution in [3.63, 3.8) is 0 Å². The Hall–Kier alpha value is -2.76. The quantitative estimate of drug-likeness (QED) is 0.620. The maximum absolute atomic E-state index is 13.1. The second kappa shape index (κ2) is 8.50. The SMILES string of the molecule is O=C(c1ccccc1)c1ccccc1C(=O)N1CCN(Cc2ccsc2)CC1. The molecule has 0 spiro atoms. The van der Waals surface area contributed by atoms with Gasteiger partial charge in [0.2, 0.25) is 0 Å². The first-order valence-corrected chi connectivity index (χ1v) is 10.4. The molecule has 0 radical (unpaired) electrons. The van der Waals surface area contributed by atoms with Crippen LogP contribution in [0.2, 0.25) is 0 Å². The molecule has 28 heavy (non-hydrogen) atoms. The minimum atomic E-state index is -0.111. The number of hydrogen-bond acceptors (Lipinski definition) is 4. The molecule has 4 nitrogen and oxygen atoms in total. The smallest absolute Gasteiger partial charge is 0.254 e. The van der Waals surface area contributed by atoms with Gasteiger partial charge in [-0.3, -0.25) is 14.5 Å². The summed E-state index contributed by atoms with van der Waals surface area (Å²) in [6.07, 6.45) is 0. The molecule has 0 N–H and O–H groups in total. The summed E-state index contributed by atoms with van der Waals surface area (Å²) in [4.78, 5) is 30.3.